The fourth-order valence-electron chi connectivity index (χ4n) is 1.97. The summed E-state index contributed by atoms with van der Waals surface area (Å²) in [4.78, 5) is 0. The normalized spacial score (nSPS) is 12.6. The van der Waals surface area contributed by atoms with Gasteiger partial charge in [0.05, 0.1) is 5.69 Å². The summed E-state index contributed by atoms with van der Waals surface area (Å²) in [5.41, 5.74) is 0.500. The number of hydrogen-bond donors (Lipinski definition) is 1. The van der Waals surface area contributed by atoms with Crippen LogP contribution in [0.4, 0.5) is 18.9 Å². The molecule has 1 aliphatic rings. The predicted molar refractivity (Wildman–Crippen MR) is 73.9 cm³/mol. The van der Waals surface area contributed by atoms with E-state index < -0.39 is 17.5 Å². The number of nitrogens with one attached hydrogen (secondary N) is 1. The molecule has 0 saturated heterocycles. The lowest BCUT2D eigenvalue weighted by atomic mass is 10.2. The molecular weight excluding hydrogens is 351 g/mol. The van der Waals surface area contributed by atoms with Crippen molar-refractivity contribution < 1.29 is 22.6 Å². The van der Waals surface area contributed by atoms with Crippen molar-refractivity contribution in [3.63, 3.8) is 0 Å². The fraction of sp³-hybridized carbons (Fsp3) is 0.143. The highest BCUT2D eigenvalue weighted by Crippen LogP contribution is 2.37. The van der Waals surface area contributed by atoms with E-state index in [1.54, 1.807) is 12.1 Å². The molecule has 110 valence electrons. The number of halogens is 4. The lowest BCUT2D eigenvalue weighted by Gasteiger charge is -2.10. The van der Waals surface area contributed by atoms with Crippen molar-refractivity contribution in [1.82, 2.24) is 0 Å². The molecule has 0 fully saturated rings. The van der Waals surface area contributed by atoms with Gasteiger partial charge in [0.25, 0.3) is 0 Å². The van der Waals surface area contributed by atoms with Gasteiger partial charge in [-0.2, -0.15) is 0 Å². The molecule has 1 N–H and O–H groups in total. The number of rotatable bonds is 3. The topological polar surface area (TPSA) is 30.5 Å². The highest BCUT2D eigenvalue weighted by atomic mass is 79.9. The fourth-order valence-corrected chi connectivity index (χ4v) is 2.43. The van der Waals surface area contributed by atoms with Gasteiger partial charge in [-0.25, -0.2) is 13.2 Å². The van der Waals surface area contributed by atoms with Crippen LogP contribution in [-0.4, -0.2) is 6.79 Å². The van der Waals surface area contributed by atoms with Crippen molar-refractivity contribution >= 4 is 21.6 Å². The molecule has 0 atom stereocenters. The Morgan fingerprint density at radius 1 is 1.05 bits per heavy atom. The molecule has 1 heterocycles. The van der Waals surface area contributed by atoms with E-state index in [1.165, 1.54) is 0 Å². The quantitative estimate of drug-likeness (QED) is 0.832. The van der Waals surface area contributed by atoms with Crippen molar-refractivity contribution in [1.29, 1.82) is 0 Å². The maximum atomic E-state index is 13.5. The Labute approximate surface area is 126 Å². The first-order valence-electron chi connectivity index (χ1n) is 6.01. The van der Waals surface area contributed by atoms with Crippen molar-refractivity contribution in [2.75, 3.05) is 12.1 Å². The molecular formula is C14H9BrF3NO2. The summed E-state index contributed by atoms with van der Waals surface area (Å²) in [7, 11) is 0. The van der Waals surface area contributed by atoms with Gasteiger partial charge in [0.2, 0.25) is 6.79 Å². The molecule has 21 heavy (non-hydrogen) atoms. The molecule has 0 aliphatic carbocycles. The van der Waals surface area contributed by atoms with Crippen LogP contribution in [0.3, 0.4) is 0 Å². The van der Waals surface area contributed by atoms with Gasteiger partial charge in [-0.3, -0.25) is 0 Å². The maximum absolute atomic E-state index is 13.5. The zero-order chi connectivity index (χ0) is 15.0. The SMILES string of the molecule is Fc1cc(F)c(F)c(NCc2cc3c(cc2Br)OCO3)c1. The van der Waals surface area contributed by atoms with Crippen molar-refractivity contribution in [3.8, 4) is 11.5 Å². The van der Waals surface area contributed by atoms with Crippen LogP contribution >= 0.6 is 15.9 Å². The van der Waals surface area contributed by atoms with Gasteiger partial charge in [0, 0.05) is 23.2 Å². The summed E-state index contributed by atoms with van der Waals surface area (Å²) >= 11 is 3.35. The summed E-state index contributed by atoms with van der Waals surface area (Å²) in [6.45, 7) is 0.305. The number of hydrogen-bond acceptors (Lipinski definition) is 3. The summed E-state index contributed by atoms with van der Waals surface area (Å²) in [5, 5.41) is 2.66. The Balaban J connectivity index is 1.82. The summed E-state index contributed by atoms with van der Waals surface area (Å²) < 4.78 is 50.9. The molecule has 0 saturated carbocycles. The second kappa shape index (κ2) is 5.48. The Morgan fingerprint density at radius 3 is 2.52 bits per heavy atom. The predicted octanol–water partition coefficient (Wildman–Crippen LogP) is 4.21. The lowest BCUT2D eigenvalue weighted by Crippen LogP contribution is -2.04. The second-order valence-electron chi connectivity index (χ2n) is 4.40. The first-order valence-corrected chi connectivity index (χ1v) is 6.80. The molecule has 0 spiro atoms. The zero-order valence-corrected chi connectivity index (χ0v) is 12.1. The minimum absolute atomic E-state index is 0.141. The zero-order valence-electron chi connectivity index (χ0n) is 10.6. The number of anilines is 1. The Hall–Kier alpha value is -1.89. The van der Waals surface area contributed by atoms with Gasteiger partial charge in [0.1, 0.15) is 5.82 Å². The van der Waals surface area contributed by atoms with Gasteiger partial charge in [-0.05, 0) is 17.7 Å². The van der Waals surface area contributed by atoms with Crippen LogP contribution in [0.2, 0.25) is 0 Å². The van der Waals surface area contributed by atoms with Crippen LogP contribution in [0.15, 0.2) is 28.7 Å². The third-order valence-corrected chi connectivity index (χ3v) is 3.74. The average Bonchev–Trinajstić information content (AvgIpc) is 2.88. The highest BCUT2D eigenvalue weighted by Gasteiger charge is 2.17. The third-order valence-electron chi connectivity index (χ3n) is 3.00. The van der Waals surface area contributed by atoms with E-state index in [-0.39, 0.29) is 19.0 Å². The number of fused-ring (bicyclic) bond motifs is 1. The van der Waals surface area contributed by atoms with E-state index in [0.29, 0.717) is 17.6 Å². The number of benzene rings is 2. The first-order chi connectivity index (χ1) is 10.0. The summed E-state index contributed by atoms with van der Waals surface area (Å²) in [6.07, 6.45) is 0. The maximum Gasteiger partial charge on any atom is 0.231 e. The van der Waals surface area contributed by atoms with Gasteiger partial charge in [-0.1, -0.05) is 15.9 Å². The first kappa shape index (κ1) is 14.1. The lowest BCUT2D eigenvalue weighted by molar-refractivity contribution is 0.174. The van der Waals surface area contributed by atoms with Crippen LogP contribution in [0, 0.1) is 17.5 Å². The van der Waals surface area contributed by atoms with Gasteiger partial charge < -0.3 is 14.8 Å². The van der Waals surface area contributed by atoms with Crippen LogP contribution in [0.5, 0.6) is 11.5 Å². The van der Waals surface area contributed by atoms with Crippen LogP contribution in [0.25, 0.3) is 0 Å². The standard InChI is InChI=1S/C14H9BrF3NO2/c15-9-4-13-12(20-6-21-13)1-7(9)5-19-11-3-8(16)2-10(17)14(11)18/h1-4,19H,5-6H2. The Kier molecular flexibility index (Phi) is 3.67. The van der Waals surface area contributed by atoms with E-state index in [9.17, 15) is 13.2 Å². The van der Waals surface area contributed by atoms with Gasteiger partial charge in [0.15, 0.2) is 23.1 Å². The molecule has 3 nitrogen and oxygen atoms in total. The molecule has 0 radical (unpaired) electrons. The van der Waals surface area contributed by atoms with Crippen molar-refractivity contribution in [2.24, 2.45) is 0 Å². The van der Waals surface area contributed by atoms with Crippen LogP contribution in [-0.2, 0) is 6.54 Å². The molecule has 7 heteroatoms. The molecule has 3 rings (SSSR count). The van der Waals surface area contributed by atoms with E-state index in [1.807, 2.05) is 0 Å². The van der Waals surface area contributed by atoms with Crippen LogP contribution in [0.1, 0.15) is 5.56 Å². The largest absolute Gasteiger partial charge is 0.454 e. The average molecular weight is 360 g/mol. The van der Waals surface area contributed by atoms with Gasteiger partial charge in [-0.15, -0.1) is 0 Å². The molecule has 0 unspecified atom stereocenters. The molecule has 2 aromatic rings. The van der Waals surface area contributed by atoms with Crippen molar-refractivity contribution in [2.45, 2.75) is 6.54 Å². The van der Waals surface area contributed by atoms with E-state index in [4.69, 9.17) is 9.47 Å². The highest BCUT2D eigenvalue weighted by molar-refractivity contribution is 9.10. The Bertz CT molecular complexity index is 709. The molecule has 2 aromatic carbocycles. The Morgan fingerprint density at radius 2 is 1.76 bits per heavy atom. The van der Waals surface area contributed by atoms with E-state index >= 15 is 0 Å². The summed E-state index contributed by atoms with van der Waals surface area (Å²) in [6, 6.07) is 4.84. The third kappa shape index (κ3) is 2.78. The van der Waals surface area contributed by atoms with Crippen molar-refractivity contribution in [3.05, 3.63) is 51.8 Å². The van der Waals surface area contributed by atoms with Gasteiger partial charge >= 0.3 is 0 Å². The molecule has 0 aromatic heterocycles. The summed E-state index contributed by atoms with van der Waals surface area (Å²) in [5.74, 6) is -2.02. The minimum Gasteiger partial charge on any atom is -0.454 e. The molecule has 1 aliphatic heterocycles. The van der Waals surface area contributed by atoms with E-state index in [0.717, 1.165) is 16.1 Å². The van der Waals surface area contributed by atoms with E-state index in [2.05, 4.69) is 21.2 Å². The smallest absolute Gasteiger partial charge is 0.231 e. The second-order valence-corrected chi connectivity index (χ2v) is 5.25. The molecule has 0 amide bonds. The minimum atomic E-state index is -1.23. The number of ether oxygens (including phenoxy) is 2. The molecule has 0 bridgehead atoms. The van der Waals surface area contributed by atoms with Crippen LogP contribution < -0.4 is 14.8 Å². The monoisotopic (exact) mass is 359 g/mol.